The SMILES string of the molecule is CCCCC/C=C\C/C=C\CCCCCCCCCC(=O)O[C@H](COC(=O)CCCCCCC/C=C\C/C=C\CCCCC)COP(=O)(O)O[C@H]1C(O)C(O)C(O)[C@@H](OP(=O)(O)O)C1O. The molecular weight excluding hydrogens is 882 g/mol. The van der Waals surface area contributed by atoms with Crippen LogP contribution in [0.15, 0.2) is 48.6 Å². The zero-order chi connectivity index (χ0) is 48.2. The summed E-state index contributed by atoms with van der Waals surface area (Å²) in [5.41, 5.74) is 0. The van der Waals surface area contributed by atoms with Crippen molar-refractivity contribution in [1.82, 2.24) is 0 Å². The zero-order valence-electron chi connectivity index (χ0n) is 39.2. The molecule has 0 heterocycles. The summed E-state index contributed by atoms with van der Waals surface area (Å²) in [7, 11) is -10.7. The van der Waals surface area contributed by atoms with Gasteiger partial charge >= 0.3 is 27.6 Å². The molecule has 1 aliphatic carbocycles. The van der Waals surface area contributed by atoms with Crippen molar-refractivity contribution >= 4 is 27.6 Å². The Labute approximate surface area is 388 Å². The molecule has 0 saturated heterocycles. The molecule has 1 aliphatic rings. The van der Waals surface area contributed by atoms with E-state index in [9.17, 15) is 53.8 Å². The van der Waals surface area contributed by atoms with Gasteiger partial charge in [0.1, 0.15) is 43.2 Å². The summed E-state index contributed by atoms with van der Waals surface area (Å²) in [5, 5.41) is 41.2. The van der Waals surface area contributed by atoms with E-state index in [1.807, 2.05) is 0 Å². The maximum atomic E-state index is 13.0. The second-order valence-electron chi connectivity index (χ2n) is 16.8. The van der Waals surface area contributed by atoms with Gasteiger partial charge in [0, 0.05) is 12.8 Å². The van der Waals surface area contributed by atoms with Crippen molar-refractivity contribution in [2.24, 2.45) is 0 Å². The standard InChI is InChI=1S/C47H84O16P2/c1-3-5-7-9-11-13-15-17-19-20-22-24-26-28-30-32-34-36-41(49)61-39(37-59-40(48)35-33-31-29-27-25-23-21-18-16-14-12-10-8-6-4-2)38-60-65(57,58)63-47-44(52)42(50)43(51)46(45(47)53)62-64(54,55)56/h11-14,17-19,21,39,42-47,50-53H,3-10,15-16,20,22-38H2,1-2H3,(H,57,58)(H2,54,55,56)/b13-11-,14-12-,19-17-,21-18-/t39-,42?,43?,44?,45?,46-,47+/m1/s1. The van der Waals surface area contributed by atoms with E-state index < -0.39 is 83.5 Å². The third kappa shape index (κ3) is 32.4. The first-order valence-corrected chi connectivity index (χ1v) is 27.2. The molecule has 0 bridgehead atoms. The fourth-order valence-electron chi connectivity index (χ4n) is 7.09. The number of hydrogen-bond acceptors (Lipinski definition) is 13. The monoisotopic (exact) mass is 967 g/mol. The number of phosphoric ester groups is 2. The molecule has 0 radical (unpaired) electrons. The highest BCUT2D eigenvalue weighted by Crippen LogP contribution is 2.49. The van der Waals surface area contributed by atoms with Crippen molar-refractivity contribution in [3.63, 3.8) is 0 Å². The Morgan fingerprint density at radius 3 is 1.34 bits per heavy atom. The summed E-state index contributed by atoms with van der Waals surface area (Å²) in [5.74, 6) is -1.23. The van der Waals surface area contributed by atoms with Crippen LogP contribution in [0.5, 0.6) is 0 Å². The lowest BCUT2D eigenvalue weighted by Crippen LogP contribution is -2.64. The maximum absolute atomic E-state index is 13.0. The largest absolute Gasteiger partial charge is 0.472 e. The third-order valence-electron chi connectivity index (χ3n) is 10.9. The van der Waals surface area contributed by atoms with Gasteiger partial charge in [0.25, 0.3) is 0 Å². The van der Waals surface area contributed by atoms with Gasteiger partial charge in [-0.25, -0.2) is 9.13 Å². The van der Waals surface area contributed by atoms with Gasteiger partial charge in [-0.3, -0.25) is 23.2 Å². The molecule has 0 aromatic rings. The maximum Gasteiger partial charge on any atom is 0.472 e. The molecule has 5 unspecified atom stereocenters. The lowest BCUT2D eigenvalue weighted by molar-refractivity contribution is -0.216. The Hall–Kier alpha value is -2.04. The minimum atomic E-state index is -5.37. The molecule has 0 aliphatic heterocycles. The van der Waals surface area contributed by atoms with Gasteiger partial charge in [0.05, 0.1) is 6.61 Å². The first-order chi connectivity index (χ1) is 31.1. The number of carbonyl (C=O) groups excluding carboxylic acids is 2. The number of unbranched alkanes of at least 4 members (excludes halogenated alkanes) is 18. The van der Waals surface area contributed by atoms with E-state index in [2.05, 4.69) is 67.0 Å². The van der Waals surface area contributed by atoms with Crippen molar-refractivity contribution < 1.29 is 76.9 Å². The first kappa shape index (κ1) is 61.0. The Bertz CT molecular complexity index is 1450. The summed E-state index contributed by atoms with van der Waals surface area (Å²) in [6, 6.07) is 0. The van der Waals surface area contributed by atoms with Gasteiger partial charge in [-0.15, -0.1) is 0 Å². The van der Waals surface area contributed by atoms with E-state index in [0.29, 0.717) is 12.8 Å². The van der Waals surface area contributed by atoms with E-state index in [4.69, 9.17) is 18.5 Å². The van der Waals surface area contributed by atoms with Crippen LogP contribution in [-0.2, 0) is 41.8 Å². The number of esters is 2. The predicted molar refractivity (Wildman–Crippen MR) is 250 cm³/mol. The molecule has 0 aromatic carbocycles. The minimum absolute atomic E-state index is 0.0309. The summed E-state index contributed by atoms with van der Waals surface area (Å²) in [4.78, 5) is 54.3. The molecule has 378 valence electrons. The molecule has 18 heteroatoms. The van der Waals surface area contributed by atoms with Gasteiger partial charge in [-0.05, 0) is 77.0 Å². The minimum Gasteiger partial charge on any atom is -0.462 e. The quantitative estimate of drug-likeness (QED) is 0.0131. The van der Waals surface area contributed by atoms with E-state index in [0.717, 1.165) is 103 Å². The lowest BCUT2D eigenvalue weighted by atomic mass is 9.85. The lowest BCUT2D eigenvalue weighted by Gasteiger charge is -2.43. The van der Waals surface area contributed by atoms with Gasteiger partial charge in [0.15, 0.2) is 6.10 Å². The van der Waals surface area contributed by atoms with Crippen molar-refractivity contribution in [3.05, 3.63) is 48.6 Å². The second kappa shape index (κ2) is 37.9. The number of carbonyl (C=O) groups is 2. The fourth-order valence-corrected chi connectivity index (χ4v) is 8.62. The average Bonchev–Trinajstić information content (AvgIpc) is 3.26. The second-order valence-corrected chi connectivity index (χ2v) is 19.4. The van der Waals surface area contributed by atoms with Gasteiger partial charge < -0.3 is 44.6 Å². The van der Waals surface area contributed by atoms with Crippen molar-refractivity contribution in [2.45, 2.75) is 224 Å². The zero-order valence-corrected chi connectivity index (χ0v) is 40.9. The van der Waals surface area contributed by atoms with E-state index in [-0.39, 0.29) is 12.8 Å². The van der Waals surface area contributed by atoms with E-state index in [1.165, 1.54) is 38.5 Å². The molecule has 7 N–H and O–H groups in total. The van der Waals surface area contributed by atoms with Crippen molar-refractivity contribution in [1.29, 1.82) is 0 Å². The number of rotatable bonds is 40. The van der Waals surface area contributed by atoms with Gasteiger partial charge in [0.2, 0.25) is 0 Å². The van der Waals surface area contributed by atoms with Crippen molar-refractivity contribution in [3.8, 4) is 0 Å². The van der Waals surface area contributed by atoms with Crippen LogP contribution in [-0.4, -0.2) is 103 Å². The van der Waals surface area contributed by atoms with Crippen molar-refractivity contribution in [2.75, 3.05) is 13.2 Å². The number of aliphatic hydroxyl groups excluding tert-OH is 4. The fraction of sp³-hybridized carbons (Fsp3) is 0.787. The molecule has 1 fully saturated rings. The molecule has 1 rings (SSSR count). The van der Waals surface area contributed by atoms with Crippen LogP contribution in [0.1, 0.15) is 181 Å². The highest BCUT2D eigenvalue weighted by atomic mass is 31.2. The van der Waals surface area contributed by atoms with Crippen LogP contribution in [0, 0.1) is 0 Å². The smallest absolute Gasteiger partial charge is 0.462 e. The average molecular weight is 967 g/mol. The number of ether oxygens (including phenoxy) is 2. The highest BCUT2D eigenvalue weighted by Gasteiger charge is 2.54. The molecule has 0 spiro atoms. The Kier molecular flexibility index (Phi) is 35.5. The summed E-state index contributed by atoms with van der Waals surface area (Å²) >= 11 is 0. The van der Waals surface area contributed by atoms with Crippen LogP contribution in [0.2, 0.25) is 0 Å². The number of hydrogen-bond donors (Lipinski definition) is 7. The van der Waals surface area contributed by atoms with Crippen LogP contribution in [0.4, 0.5) is 0 Å². The van der Waals surface area contributed by atoms with Crippen LogP contribution >= 0.6 is 15.6 Å². The highest BCUT2D eigenvalue weighted by molar-refractivity contribution is 7.47. The normalized spacial score (nSPS) is 22.0. The molecule has 0 aromatic heterocycles. The van der Waals surface area contributed by atoms with Crippen LogP contribution in [0.3, 0.4) is 0 Å². The first-order valence-electron chi connectivity index (χ1n) is 24.2. The molecule has 8 atom stereocenters. The van der Waals surface area contributed by atoms with Crippen LogP contribution < -0.4 is 0 Å². The number of phosphoric acid groups is 2. The molecule has 16 nitrogen and oxygen atoms in total. The van der Waals surface area contributed by atoms with E-state index >= 15 is 0 Å². The van der Waals surface area contributed by atoms with Gasteiger partial charge in [-0.2, -0.15) is 0 Å². The summed E-state index contributed by atoms with van der Waals surface area (Å²) in [6.07, 6.45) is 27.7. The van der Waals surface area contributed by atoms with Crippen LogP contribution in [0.25, 0.3) is 0 Å². The molecular formula is C47H84O16P2. The third-order valence-corrected chi connectivity index (χ3v) is 12.4. The van der Waals surface area contributed by atoms with E-state index in [1.54, 1.807) is 0 Å². The Morgan fingerprint density at radius 2 is 0.892 bits per heavy atom. The predicted octanol–water partition coefficient (Wildman–Crippen LogP) is 9.29. The molecule has 65 heavy (non-hydrogen) atoms. The summed E-state index contributed by atoms with van der Waals surface area (Å²) in [6.45, 7) is 3.04. The van der Waals surface area contributed by atoms with Gasteiger partial charge in [-0.1, -0.05) is 140 Å². The Morgan fingerprint density at radius 1 is 0.492 bits per heavy atom. The topological polar surface area (TPSA) is 256 Å². The molecule has 0 amide bonds. The molecule has 1 saturated carbocycles. The Balaban J connectivity index is 2.60. The number of allylic oxidation sites excluding steroid dienone is 8. The summed E-state index contributed by atoms with van der Waals surface area (Å²) < 4.78 is 49.4. The number of aliphatic hydroxyl groups is 4.